The van der Waals surface area contributed by atoms with Crippen LogP contribution in [0.5, 0.6) is 0 Å². The van der Waals surface area contributed by atoms with Crippen LogP contribution in [0.3, 0.4) is 0 Å². The molecule has 0 saturated heterocycles. The van der Waals surface area contributed by atoms with Crippen molar-refractivity contribution in [2.24, 2.45) is 0 Å². The number of non-ortho nitro benzene ring substituents is 1. The zero-order chi connectivity index (χ0) is 19.6. The number of hydrogen-bond acceptors (Lipinski definition) is 7. The third-order valence-electron chi connectivity index (χ3n) is 3.43. The van der Waals surface area contributed by atoms with Gasteiger partial charge in [-0.1, -0.05) is 27.3 Å². The summed E-state index contributed by atoms with van der Waals surface area (Å²) in [4.78, 5) is 26.1. The molecular weight excluding hydrogens is 458 g/mol. The first-order chi connectivity index (χ1) is 12.8. The number of sulfone groups is 1. The van der Waals surface area contributed by atoms with Crippen LogP contribution in [0.25, 0.3) is 0 Å². The predicted molar refractivity (Wildman–Crippen MR) is 103 cm³/mol. The minimum Gasteiger partial charge on any atom is -0.298 e. The second-order valence-electron chi connectivity index (χ2n) is 5.20. The van der Waals surface area contributed by atoms with Crippen molar-refractivity contribution < 1.29 is 18.1 Å². The molecule has 0 aliphatic carbocycles. The fourth-order valence-corrected chi connectivity index (χ4v) is 4.77. The summed E-state index contributed by atoms with van der Waals surface area (Å²) in [5.41, 5.74) is 0.189. The summed E-state index contributed by atoms with van der Waals surface area (Å²) in [6.07, 6.45) is 1.14. The van der Waals surface area contributed by atoms with Crippen molar-refractivity contribution in [1.29, 1.82) is 0 Å². The monoisotopic (exact) mass is 467 g/mol. The molecule has 1 heterocycles. The van der Waals surface area contributed by atoms with Crippen molar-refractivity contribution in [1.82, 2.24) is 4.98 Å². The minimum absolute atomic E-state index is 0.0811. The van der Waals surface area contributed by atoms with E-state index in [2.05, 4.69) is 26.2 Å². The Bertz CT molecular complexity index is 1110. The smallest absolute Gasteiger partial charge is 0.269 e. The predicted octanol–water partition coefficient (Wildman–Crippen LogP) is 3.90. The Kier molecular flexibility index (Phi) is 5.35. The fourth-order valence-electron chi connectivity index (χ4n) is 2.08. The van der Waals surface area contributed by atoms with Gasteiger partial charge in [-0.25, -0.2) is 13.4 Å². The first-order valence-electron chi connectivity index (χ1n) is 7.29. The minimum atomic E-state index is -3.89. The second kappa shape index (κ2) is 7.55. The summed E-state index contributed by atoms with van der Waals surface area (Å²) in [7, 11) is -3.89. The lowest BCUT2D eigenvalue weighted by atomic mass is 10.2. The first-order valence-corrected chi connectivity index (χ1v) is 10.4. The van der Waals surface area contributed by atoms with Gasteiger partial charge in [0, 0.05) is 22.2 Å². The van der Waals surface area contributed by atoms with Crippen LogP contribution in [0.2, 0.25) is 0 Å². The van der Waals surface area contributed by atoms with Crippen molar-refractivity contribution in [2.45, 2.75) is 9.10 Å². The Hall–Kier alpha value is -2.63. The number of carbonyl (C=O) groups excluding carboxylic acids is 1. The van der Waals surface area contributed by atoms with E-state index in [4.69, 9.17) is 0 Å². The Morgan fingerprint density at radius 3 is 2.33 bits per heavy atom. The molecule has 0 aliphatic heterocycles. The largest absolute Gasteiger partial charge is 0.298 e. The summed E-state index contributed by atoms with van der Waals surface area (Å²) < 4.78 is 26.0. The Morgan fingerprint density at radius 2 is 1.74 bits per heavy atom. The number of rotatable bonds is 5. The van der Waals surface area contributed by atoms with Gasteiger partial charge in [0.25, 0.3) is 11.6 Å². The topological polar surface area (TPSA) is 119 Å². The van der Waals surface area contributed by atoms with Crippen LogP contribution in [0.1, 0.15) is 10.4 Å². The highest BCUT2D eigenvalue weighted by Crippen LogP contribution is 2.29. The van der Waals surface area contributed by atoms with E-state index >= 15 is 0 Å². The summed E-state index contributed by atoms with van der Waals surface area (Å²) in [6.45, 7) is 0. The van der Waals surface area contributed by atoms with E-state index in [9.17, 15) is 23.3 Å². The molecule has 1 aromatic heterocycles. The number of halogens is 1. The lowest BCUT2D eigenvalue weighted by Crippen LogP contribution is -2.11. The van der Waals surface area contributed by atoms with E-state index in [1.165, 1.54) is 0 Å². The van der Waals surface area contributed by atoms with Gasteiger partial charge in [-0.05, 0) is 36.4 Å². The summed E-state index contributed by atoms with van der Waals surface area (Å²) in [5, 5.41) is 13.4. The number of aromatic nitrogens is 1. The average molecular weight is 468 g/mol. The van der Waals surface area contributed by atoms with Crippen LogP contribution in [-0.4, -0.2) is 24.2 Å². The van der Waals surface area contributed by atoms with Crippen LogP contribution in [0, 0.1) is 10.1 Å². The molecule has 0 aliphatic rings. The SMILES string of the molecule is O=C(Nc1ncc(S(=O)(=O)c2ccc([N+](=O)[O-])cc2)s1)c1ccc(Br)cc1. The number of nitro groups is 1. The van der Waals surface area contributed by atoms with Crippen LogP contribution < -0.4 is 5.32 Å². The molecule has 0 fully saturated rings. The zero-order valence-corrected chi connectivity index (χ0v) is 16.5. The second-order valence-corrected chi connectivity index (χ2v) is 9.32. The lowest BCUT2D eigenvalue weighted by Gasteiger charge is -2.02. The first kappa shape index (κ1) is 19.1. The molecule has 0 saturated carbocycles. The van der Waals surface area contributed by atoms with Crippen LogP contribution in [0.15, 0.2) is 68.3 Å². The van der Waals surface area contributed by atoms with Gasteiger partial charge in [0.2, 0.25) is 9.84 Å². The molecule has 1 amide bonds. The standard InChI is InChI=1S/C16H10BrN3O5S2/c17-11-3-1-10(2-4-11)15(21)19-16-18-9-14(26-16)27(24,25)13-7-5-12(6-8-13)20(22)23/h1-9H,(H,18,19,21). The molecule has 11 heteroatoms. The van der Waals surface area contributed by atoms with Crippen molar-refractivity contribution in [2.75, 3.05) is 5.32 Å². The number of thiazole rings is 1. The van der Waals surface area contributed by atoms with Gasteiger partial charge in [0.1, 0.15) is 4.21 Å². The Labute approximate surface area is 166 Å². The van der Waals surface area contributed by atoms with Crippen molar-refractivity contribution in [3.05, 3.63) is 74.9 Å². The van der Waals surface area contributed by atoms with Gasteiger partial charge in [0.15, 0.2) is 5.13 Å². The van der Waals surface area contributed by atoms with E-state index < -0.39 is 20.7 Å². The molecule has 1 N–H and O–H groups in total. The zero-order valence-electron chi connectivity index (χ0n) is 13.3. The molecule has 3 rings (SSSR count). The lowest BCUT2D eigenvalue weighted by molar-refractivity contribution is -0.384. The third kappa shape index (κ3) is 4.21. The van der Waals surface area contributed by atoms with Gasteiger partial charge >= 0.3 is 0 Å². The van der Waals surface area contributed by atoms with Gasteiger partial charge < -0.3 is 0 Å². The number of nitrogens with one attached hydrogen (secondary N) is 1. The number of nitrogens with zero attached hydrogens (tertiary/aromatic N) is 2. The highest BCUT2D eigenvalue weighted by molar-refractivity contribution is 9.10. The quantitative estimate of drug-likeness (QED) is 0.448. The van der Waals surface area contributed by atoms with Crippen LogP contribution >= 0.6 is 27.3 Å². The molecule has 27 heavy (non-hydrogen) atoms. The van der Waals surface area contributed by atoms with E-state index in [1.807, 2.05) is 0 Å². The molecule has 0 spiro atoms. The fraction of sp³-hybridized carbons (Fsp3) is 0. The molecule has 0 bridgehead atoms. The van der Waals surface area contributed by atoms with Crippen LogP contribution in [-0.2, 0) is 9.84 Å². The summed E-state index contributed by atoms with van der Waals surface area (Å²) in [6, 6.07) is 11.2. The molecule has 138 valence electrons. The molecular formula is C16H10BrN3O5S2. The number of amides is 1. The summed E-state index contributed by atoms with van der Waals surface area (Å²) in [5.74, 6) is -0.420. The van der Waals surface area contributed by atoms with E-state index in [0.29, 0.717) is 5.56 Å². The number of hydrogen-bond donors (Lipinski definition) is 1. The maximum absolute atomic E-state index is 12.6. The Morgan fingerprint density at radius 1 is 1.11 bits per heavy atom. The molecule has 0 radical (unpaired) electrons. The van der Waals surface area contributed by atoms with Crippen molar-refractivity contribution in [3.63, 3.8) is 0 Å². The maximum Gasteiger partial charge on any atom is 0.269 e. The number of carbonyl (C=O) groups is 1. The van der Waals surface area contributed by atoms with Gasteiger partial charge in [0.05, 0.1) is 16.0 Å². The van der Waals surface area contributed by atoms with E-state index in [1.54, 1.807) is 24.3 Å². The van der Waals surface area contributed by atoms with Gasteiger partial charge in [-0.15, -0.1) is 0 Å². The number of benzene rings is 2. The average Bonchev–Trinajstić information content (AvgIpc) is 3.11. The summed E-state index contributed by atoms with van der Waals surface area (Å²) >= 11 is 4.07. The maximum atomic E-state index is 12.6. The van der Waals surface area contributed by atoms with E-state index in [0.717, 1.165) is 46.3 Å². The highest BCUT2D eigenvalue weighted by Gasteiger charge is 2.22. The molecule has 2 aromatic carbocycles. The Balaban J connectivity index is 1.80. The van der Waals surface area contributed by atoms with Crippen molar-refractivity contribution >= 4 is 53.8 Å². The number of nitro benzene ring substituents is 1. The highest BCUT2D eigenvalue weighted by atomic mass is 79.9. The normalized spacial score (nSPS) is 11.1. The van der Waals surface area contributed by atoms with Gasteiger partial charge in [-0.3, -0.25) is 20.2 Å². The molecule has 3 aromatic rings. The third-order valence-corrected chi connectivity index (χ3v) is 7.11. The molecule has 8 nitrogen and oxygen atoms in total. The molecule has 0 unspecified atom stereocenters. The van der Waals surface area contributed by atoms with E-state index in [-0.39, 0.29) is 19.9 Å². The number of anilines is 1. The van der Waals surface area contributed by atoms with Crippen LogP contribution in [0.4, 0.5) is 10.8 Å². The van der Waals surface area contributed by atoms with Gasteiger partial charge in [-0.2, -0.15) is 0 Å². The molecule has 0 atom stereocenters. The van der Waals surface area contributed by atoms with Crippen molar-refractivity contribution in [3.8, 4) is 0 Å².